The Morgan fingerprint density at radius 2 is 2.00 bits per heavy atom. The number of carbonyl (C=O) groups excluding carboxylic acids is 3. The first-order chi connectivity index (χ1) is 9.43. The van der Waals surface area contributed by atoms with E-state index < -0.39 is 11.6 Å². The van der Waals surface area contributed by atoms with Gasteiger partial charge in [-0.05, 0) is 12.0 Å². The predicted octanol–water partition coefficient (Wildman–Crippen LogP) is 2.19. The number of benzene rings is 1. The van der Waals surface area contributed by atoms with Gasteiger partial charge >= 0.3 is 5.97 Å². The van der Waals surface area contributed by atoms with Crippen molar-refractivity contribution in [1.29, 1.82) is 0 Å². The Kier molecular flexibility index (Phi) is 3.75. The van der Waals surface area contributed by atoms with Crippen LogP contribution < -0.4 is 0 Å². The zero-order chi connectivity index (χ0) is 14.9. The SMILES string of the molecule is CCC(=O)C1(OC(C)=O)C(=O)C(C)Cc2ccccc21. The minimum atomic E-state index is -1.76. The third-order valence-corrected chi connectivity index (χ3v) is 3.73. The summed E-state index contributed by atoms with van der Waals surface area (Å²) in [5.41, 5.74) is -0.345. The van der Waals surface area contributed by atoms with Crippen LogP contribution in [0.15, 0.2) is 24.3 Å². The topological polar surface area (TPSA) is 60.4 Å². The van der Waals surface area contributed by atoms with Gasteiger partial charge in [-0.3, -0.25) is 14.4 Å². The lowest BCUT2D eigenvalue weighted by molar-refractivity contribution is -0.175. The van der Waals surface area contributed by atoms with Crippen LogP contribution in [-0.2, 0) is 31.1 Å². The van der Waals surface area contributed by atoms with Crippen molar-refractivity contribution in [3.8, 4) is 0 Å². The number of fused-ring (bicyclic) bond motifs is 1. The van der Waals surface area contributed by atoms with E-state index in [-0.39, 0.29) is 23.9 Å². The second kappa shape index (κ2) is 5.19. The summed E-state index contributed by atoms with van der Waals surface area (Å²) in [7, 11) is 0. The lowest BCUT2D eigenvalue weighted by Gasteiger charge is -2.37. The summed E-state index contributed by atoms with van der Waals surface area (Å²) in [5.74, 6) is -1.65. The smallest absolute Gasteiger partial charge is 0.304 e. The Labute approximate surface area is 118 Å². The van der Waals surface area contributed by atoms with Crippen molar-refractivity contribution < 1.29 is 19.1 Å². The van der Waals surface area contributed by atoms with Crippen LogP contribution in [0.5, 0.6) is 0 Å². The molecular weight excluding hydrogens is 256 g/mol. The number of esters is 1. The molecule has 1 aromatic carbocycles. The van der Waals surface area contributed by atoms with Crippen LogP contribution in [-0.4, -0.2) is 17.5 Å². The average Bonchev–Trinajstić information content (AvgIpc) is 2.42. The quantitative estimate of drug-likeness (QED) is 0.626. The Bertz CT molecular complexity index is 576. The van der Waals surface area contributed by atoms with Gasteiger partial charge in [0, 0.05) is 24.8 Å². The third-order valence-electron chi connectivity index (χ3n) is 3.73. The standard InChI is InChI=1S/C16H18O4/c1-4-14(18)16(20-11(3)17)13-8-6-5-7-12(13)9-10(2)15(16)19/h5-8,10H,4,9H2,1-3H3. The van der Waals surface area contributed by atoms with Crippen LogP contribution >= 0.6 is 0 Å². The van der Waals surface area contributed by atoms with E-state index in [9.17, 15) is 14.4 Å². The first-order valence-electron chi connectivity index (χ1n) is 6.79. The fourth-order valence-corrected chi connectivity index (χ4v) is 2.86. The maximum absolute atomic E-state index is 12.6. The molecule has 4 heteroatoms. The molecule has 2 atom stereocenters. The van der Waals surface area contributed by atoms with Gasteiger partial charge < -0.3 is 4.74 Å². The van der Waals surface area contributed by atoms with Crippen molar-refractivity contribution in [3.05, 3.63) is 35.4 Å². The average molecular weight is 274 g/mol. The number of carbonyl (C=O) groups is 3. The highest BCUT2D eigenvalue weighted by atomic mass is 16.6. The molecule has 0 fully saturated rings. The summed E-state index contributed by atoms with van der Waals surface area (Å²) in [6.07, 6.45) is 0.703. The number of Topliss-reactive ketones (excluding diaryl/α,β-unsaturated/α-hetero) is 2. The molecule has 106 valence electrons. The van der Waals surface area contributed by atoms with Gasteiger partial charge in [0.05, 0.1) is 0 Å². The highest BCUT2D eigenvalue weighted by molar-refractivity contribution is 6.13. The minimum Gasteiger partial charge on any atom is -0.438 e. The monoisotopic (exact) mass is 274 g/mol. The van der Waals surface area contributed by atoms with E-state index in [1.54, 1.807) is 26.0 Å². The van der Waals surface area contributed by atoms with Crippen LogP contribution in [0, 0.1) is 5.92 Å². The third kappa shape index (κ3) is 2.05. The molecule has 2 unspecified atom stereocenters. The van der Waals surface area contributed by atoms with Gasteiger partial charge in [-0.25, -0.2) is 0 Å². The molecule has 0 spiro atoms. The Morgan fingerprint density at radius 1 is 1.35 bits per heavy atom. The molecule has 4 nitrogen and oxygen atoms in total. The molecule has 2 rings (SSSR count). The van der Waals surface area contributed by atoms with E-state index in [1.165, 1.54) is 6.92 Å². The fraction of sp³-hybridized carbons (Fsp3) is 0.438. The van der Waals surface area contributed by atoms with Gasteiger partial charge in [-0.15, -0.1) is 0 Å². The lowest BCUT2D eigenvalue weighted by atomic mass is 9.70. The number of rotatable bonds is 3. The van der Waals surface area contributed by atoms with Crippen molar-refractivity contribution >= 4 is 17.5 Å². The molecule has 0 saturated carbocycles. The van der Waals surface area contributed by atoms with Crippen LogP contribution in [0.2, 0.25) is 0 Å². The summed E-state index contributed by atoms with van der Waals surface area (Å²) in [6.45, 7) is 4.65. The Balaban J connectivity index is 2.72. The zero-order valence-electron chi connectivity index (χ0n) is 11.9. The summed E-state index contributed by atoms with van der Waals surface area (Å²) in [4.78, 5) is 36.6. The van der Waals surface area contributed by atoms with Gasteiger partial charge in [0.15, 0.2) is 11.6 Å². The fourth-order valence-electron chi connectivity index (χ4n) is 2.86. The van der Waals surface area contributed by atoms with Crippen LogP contribution in [0.3, 0.4) is 0 Å². The molecule has 0 aliphatic heterocycles. The highest BCUT2D eigenvalue weighted by Crippen LogP contribution is 2.40. The maximum atomic E-state index is 12.6. The van der Waals surface area contributed by atoms with Crippen molar-refractivity contribution in [3.63, 3.8) is 0 Å². The largest absolute Gasteiger partial charge is 0.438 e. The van der Waals surface area contributed by atoms with E-state index >= 15 is 0 Å². The maximum Gasteiger partial charge on any atom is 0.304 e. The van der Waals surface area contributed by atoms with Gasteiger partial charge in [0.25, 0.3) is 5.60 Å². The van der Waals surface area contributed by atoms with Crippen molar-refractivity contribution in [2.45, 2.75) is 39.2 Å². The Hall–Kier alpha value is -1.97. The molecule has 1 aliphatic rings. The van der Waals surface area contributed by atoms with Crippen molar-refractivity contribution in [2.75, 3.05) is 0 Å². The van der Waals surface area contributed by atoms with Gasteiger partial charge in [0.1, 0.15) is 0 Å². The summed E-state index contributed by atoms with van der Waals surface area (Å²) in [6, 6.07) is 7.19. The number of ketones is 2. The van der Waals surface area contributed by atoms with E-state index in [0.717, 1.165) is 5.56 Å². The van der Waals surface area contributed by atoms with Gasteiger partial charge in [-0.1, -0.05) is 38.1 Å². The summed E-state index contributed by atoms with van der Waals surface area (Å²) < 4.78 is 5.30. The summed E-state index contributed by atoms with van der Waals surface area (Å²) in [5, 5.41) is 0. The Morgan fingerprint density at radius 3 is 2.60 bits per heavy atom. The molecule has 0 saturated heterocycles. The number of hydrogen-bond acceptors (Lipinski definition) is 4. The van der Waals surface area contributed by atoms with E-state index in [4.69, 9.17) is 4.74 Å². The first kappa shape index (κ1) is 14.4. The predicted molar refractivity (Wildman–Crippen MR) is 73.1 cm³/mol. The second-order valence-corrected chi connectivity index (χ2v) is 5.18. The molecule has 0 bridgehead atoms. The first-order valence-corrected chi connectivity index (χ1v) is 6.79. The molecule has 1 aliphatic carbocycles. The van der Waals surface area contributed by atoms with E-state index in [1.807, 2.05) is 12.1 Å². The molecule has 0 amide bonds. The van der Waals surface area contributed by atoms with E-state index in [0.29, 0.717) is 12.0 Å². The molecular formula is C16H18O4. The van der Waals surface area contributed by atoms with Crippen LogP contribution in [0.1, 0.15) is 38.3 Å². The molecule has 20 heavy (non-hydrogen) atoms. The van der Waals surface area contributed by atoms with Gasteiger partial charge in [0.2, 0.25) is 0 Å². The minimum absolute atomic E-state index is 0.139. The highest BCUT2D eigenvalue weighted by Gasteiger charge is 2.54. The molecule has 1 aromatic rings. The zero-order valence-corrected chi connectivity index (χ0v) is 11.9. The van der Waals surface area contributed by atoms with Crippen molar-refractivity contribution in [2.24, 2.45) is 5.92 Å². The lowest BCUT2D eigenvalue weighted by Crippen LogP contribution is -2.52. The second-order valence-electron chi connectivity index (χ2n) is 5.18. The number of ether oxygens (including phenoxy) is 1. The molecule has 0 radical (unpaired) electrons. The summed E-state index contributed by atoms with van der Waals surface area (Å²) >= 11 is 0. The van der Waals surface area contributed by atoms with Crippen LogP contribution in [0.4, 0.5) is 0 Å². The van der Waals surface area contributed by atoms with Crippen molar-refractivity contribution in [1.82, 2.24) is 0 Å². The number of hydrogen-bond donors (Lipinski definition) is 0. The van der Waals surface area contributed by atoms with E-state index in [2.05, 4.69) is 0 Å². The normalized spacial score (nSPS) is 24.9. The molecule has 0 N–H and O–H groups in total. The molecule has 0 heterocycles. The molecule has 0 aromatic heterocycles. The van der Waals surface area contributed by atoms with Crippen LogP contribution in [0.25, 0.3) is 0 Å². The van der Waals surface area contributed by atoms with Gasteiger partial charge in [-0.2, -0.15) is 0 Å².